The van der Waals surface area contributed by atoms with Crippen molar-refractivity contribution in [2.24, 2.45) is 0 Å². The second kappa shape index (κ2) is 9.30. The van der Waals surface area contributed by atoms with Crippen LogP contribution in [-0.4, -0.2) is 24.0 Å². The van der Waals surface area contributed by atoms with E-state index in [1.54, 1.807) is 0 Å². The fourth-order valence-electron chi connectivity index (χ4n) is 2.26. The van der Waals surface area contributed by atoms with Crippen LogP contribution in [0.25, 0.3) is 0 Å². The molecule has 124 valence electrons. The Morgan fingerprint density at radius 1 is 1.17 bits per heavy atom. The number of aromatic nitrogens is 1. The number of hydrogen-bond acceptors (Lipinski definition) is 4. The summed E-state index contributed by atoms with van der Waals surface area (Å²) >= 11 is 1.53. The number of unbranched alkanes of at least 4 members (excludes halogenated alkanes) is 1. The first-order valence-corrected chi connectivity index (χ1v) is 9.05. The minimum Gasteiger partial charge on any atom is -0.385 e. The first-order valence-electron chi connectivity index (χ1n) is 8.24. The maximum Gasteiger partial charge on any atom is 0.263 e. The highest BCUT2D eigenvalue weighted by molar-refractivity contribution is 7.13. The first-order chi connectivity index (χ1) is 11.2. The van der Waals surface area contributed by atoms with Gasteiger partial charge in [0.15, 0.2) is 0 Å². The van der Waals surface area contributed by atoms with Crippen molar-refractivity contribution >= 4 is 22.9 Å². The molecule has 0 aliphatic rings. The van der Waals surface area contributed by atoms with Gasteiger partial charge in [0.25, 0.3) is 5.91 Å². The van der Waals surface area contributed by atoms with E-state index in [0.29, 0.717) is 6.54 Å². The number of hydrogen-bond donors (Lipinski definition) is 2. The van der Waals surface area contributed by atoms with Gasteiger partial charge in [0, 0.05) is 18.8 Å². The lowest BCUT2D eigenvalue weighted by Crippen LogP contribution is -2.25. The van der Waals surface area contributed by atoms with Crippen molar-refractivity contribution in [3.8, 4) is 0 Å². The van der Waals surface area contributed by atoms with Gasteiger partial charge >= 0.3 is 0 Å². The number of benzene rings is 1. The summed E-state index contributed by atoms with van der Waals surface area (Å²) in [5.74, 6) is 0.00228. The molecular weight excluding hydrogens is 306 g/mol. The maximum absolute atomic E-state index is 12.2. The van der Waals surface area contributed by atoms with Crippen LogP contribution in [-0.2, 0) is 6.42 Å². The molecule has 0 saturated carbocycles. The van der Waals surface area contributed by atoms with Crippen LogP contribution in [0.3, 0.4) is 0 Å². The largest absolute Gasteiger partial charge is 0.385 e. The van der Waals surface area contributed by atoms with Crippen LogP contribution in [0.15, 0.2) is 30.3 Å². The molecule has 0 bridgehead atoms. The van der Waals surface area contributed by atoms with Gasteiger partial charge in [-0.3, -0.25) is 4.79 Å². The number of nitrogens with zero attached hydrogens (tertiary/aromatic N) is 1. The third-order valence-electron chi connectivity index (χ3n) is 3.53. The minimum atomic E-state index is 0.00228. The molecule has 2 aromatic rings. The van der Waals surface area contributed by atoms with E-state index in [0.717, 1.165) is 53.5 Å². The first kappa shape index (κ1) is 17.5. The van der Waals surface area contributed by atoms with Gasteiger partial charge in [-0.05, 0) is 38.3 Å². The number of nitrogens with one attached hydrogen (secondary N) is 2. The highest BCUT2D eigenvalue weighted by Gasteiger charge is 2.14. The van der Waals surface area contributed by atoms with Crippen molar-refractivity contribution in [3.05, 3.63) is 45.9 Å². The number of rotatable bonds is 9. The van der Waals surface area contributed by atoms with Crippen molar-refractivity contribution in [2.75, 3.05) is 18.4 Å². The van der Waals surface area contributed by atoms with Crippen LogP contribution in [0.4, 0.5) is 5.69 Å². The lowest BCUT2D eigenvalue weighted by atomic mass is 10.3. The monoisotopic (exact) mass is 331 g/mol. The molecule has 23 heavy (non-hydrogen) atoms. The van der Waals surface area contributed by atoms with Crippen LogP contribution in [0.1, 0.15) is 46.6 Å². The molecule has 0 unspecified atom stereocenters. The molecule has 0 spiro atoms. The molecule has 5 heteroatoms. The Bertz CT molecular complexity index is 610. The Morgan fingerprint density at radius 2 is 1.96 bits per heavy atom. The summed E-state index contributed by atoms with van der Waals surface area (Å²) in [6.07, 6.45) is 4.13. The van der Waals surface area contributed by atoms with Crippen molar-refractivity contribution in [2.45, 2.75) is 39.5 Å². The number of amides is 1. The standard InChI is InChI=1S/C18H25N3OS/c1-3-4-11-16-21-14(2)17(23-16)18(22)20-13-8-12-19-15-9-6-5-7-10-15/h5-7,9-10,19H,3-4,8,11-13H2,1-2H3,(H,20,22). The van der Waals surface area contributed by atoms with Crippen LogP contribution in [0.2, 0.25) is 0 Å². The van der Waals surface area contributed by atoms with Crippen molar-refractivity contribution < 1.29 is 4.79 Å². The van der Waals surface area contributed by atoms with Gasteiger partial charge in [0.05, 0.1) is 10.7 Å². The second-order valence-corrected chi connectivity index (χ2v) is 6.61. The fourth-order valence-corrected chi connectivity index (χ4v) is 3.28. The van der Waals surface area contributed by atoms with Gasteiger partial charge in [0.1, 0.15) is 4.88 Å². The van der Waals surface area contributed by atoms with E-state index in [-0.39, 0.29) is 5.91 Å². The smallest absolute Gasteiger partial charge is 0.263 e. The van der Waals surface area contributed by atoms with Crippen molar-refractivity contribution in [1.29, 1.82) is 0 Å². The van der Waals surface area contributed by atoms with E-state index in [4.69, 9.17) is 0 Å². The Labute approximate surface area is 142 Å². The average Bonchev–Trinajstić information content (AvgIpc) is 2.94. The summed E-state index contributed by atoms with van der Waals surface area (Å²) < 4.78 is 0. The van der Waals surface area contributed by atoms with Gasteiger partial charge in [0.2, 0.25) is 0 Å². The van der Waals surface area contributed by atoms with Crippen LogP contribution in [0.5, 0.6) is 0 Å². The van der Waals surface area contributed by atoms with E-state index >= 15 is 0 Å². The molecule has 1 aromatic heterocycles. The number of thiazole rings is 1. The number of carbonyl (C=O) groups excluding carboxylic acids is 1. The predicted molar refractivity (Wildman–Crippen MR) is 97.3 cm³/mol. The topological polar surface area (TPSA) is 54.0 Å². The van der Waals surface area contributed by atoms with E-state index in [9.17, 15) is 4.79 Å². The lowest BCUT2D eigenvalue weighted by molar-refractivity contribution is 0.0957. The molecule has 0 fully saturated rings. The highest BCUT2D eigenvalue weighted by Crippen LogP contribution is 2.19. The van der Waals surface area contributed by atoms with Gasteiger partial charge < -0.3 is 10.6 Å². The molecule has 0 radical (unpaired) electrons. The van der Waals surface area contributed by atoms with Gasteiger partial charge in [-0.1, -0.05) is 31.5 Å². The third-order valence-corrected chi connectivity index (χ3v) is 4.75. The van der Waals surface area contributed by atoms with E-state index < -0.39 is 0 Å². The molecule has 0 atom stereocenters. The highest BCUT2D eigenvalue weighted by atomic mass is 32.1. The Kier molecular flexibility index (Phi) is 7.07. The molecule has 1 aromatic carbocycles. The normalized spacial score (nSPS) is 10.5. The predicted octanol–water partition coefficient (Wildman–Crippen LogP) is 4.03. The van der Waals surface area contributed by atoms with E-state index in [2.05, 4.69) is 22.5 Å². The van der Waals surface area contributed by atoms with Gasteiger partial charge in [-0.15, -0.1) is 11.3 Å². The minimum absolute atomic E-state index is 0.00228. The number of aryl methyl sites for hydroxylation is 2. The Hall–Kier alpha value is -1.88. The van der Waals surface area contributed by atoms with Crippen LogP contribution >= 0.6 is 11.3 Å². The average molecular weight is 331 g/mol. The molecule has 1 amide bonds. The number of para-hydroxylation sites is 1. The Balaban J connectivity index is 1.71. The summed E-state index contributed by atoms with van der Waals surface area (Å²) in [6.45, 7) is 5.59. The van der Waals surface area contributed by atoms with E-state index in [1.807, 2.05) is 37.3 Å². The lowest BCUT2D eigenvalue weighted by Gasteiger charge is -2.07. The second-order valence-electron chi connectivity index (χ2n) is 5.53. The van der Waals surface area contributed by atoms with Gasteiger partial charge in [-0.25, -0.2) is 4.98 Å². The summed E-state index contributed by atoms with van der Waals surface area (Å²) in [5, 5.41) is 7.39. The van der Waals surface area contributed by atoms with Crippen molar-refractivity contribution in [3.63, 3.8) is 0 Å². The summed E-state index contributed by atoms with van der Waals surface area (Å²) in [7, 11) is 0. The molecular formula is C18H25N3OS. The molecule has 1 heterocycles. The zero-order chi connectivity index (χ0) is 16.5. The van der Waals surface area contributed by atoms with E-state index in [1.165, 1.54) is 11.3 Å². The number of anilines is 1. The van der Waals surface area contributed by atoms with Crippen molar-refractivity contribution in [1.82, 2.24) is 10.3 Å². The molecule has 0 saturated heterocycles. The SMILES string of the molecule is CCCCc1nc(C)c(C(=O)NCCCNc2ccccc2)s1. The quantitative estimate of drug-likeness (QED) is 0.682. The zero-order valence-corrected chi connectivity index (χ0v) is 14.7. The molecule has 0 aliphatic heterocycles. The fraction of sp³-hybridized carbons (Fsp3) is 0.444. The number of carbonyl (C=O) groups is 1. The maximum atomic E-state index is 12.2. The molecule has 2 rings (SSSR count). The zero-order valence-electron chi connectivity index (χ0n) is 13.9. The van der Waals surface area contributed by atoms with Gasteiger partial charge in [-0.2, -0.15) is 0 Å². The summed E-state index contributed by atoms with van der Waals surface area (Å²) in [6, 6.07) is 10.1. The molecule has 0 aliphatic carbocycles. The third kappa shape index (κ3) is 5.67. The van der Waals surface area contributed by atoms with Crippen LogP contribution < -0.4 is 10.6 Å². The molecule has 2 N–H and O–H groups in total. The summed E-state index contributed by atoms with van der Waals surface area (Å²) in [4.78, 5) is 17.5. The summed E-state index contributed by atoms with van der Waals surface area (Å²) in [5.41, 5.74) is 1.96. The van der Waals surface area contributed by atoms with Crippen LogP contribution in [0, 0.1) is 6.92 Å². The Morgan fingerprint density at radius 3 is 2.70 bits per heavy atom. The molecule has 4 nitrogen and oxygen atoms in total.